The molecule has 0 saturated heterocycles. The summed E-state index contributed by atoms with van der Waals surface area (Å²) in [6.07, 6.45) is 4.87. The van der Waals surface area contributed by atoms with Crippen LogP contribution in [-0.2, 0) is 0 Å². The molecule has 0 radical (unpaired) electrons. The van der Waals surface area contributed by atoms with E-state index in [1.807, 2.05) is 12.1 Å². The Kier molecular flexibility index (Phi) is 6.74. The highest BCUT2D eigenvalue weighted by Gasteiger charge is 2.02. The molecule has 0 atom stereocenters. The normalized spacial score (nSPS) is 10.6. The molecule has 6 heteroatoms. The van der Waals surface area contributed by atoms with Gasteiger partial charge in [-0.1, -0.05) is 31.4 Å². The topological polar surface area (TPSA) is 86.0 Å². The van der Waals surface area contributed by atoms with Crippen LogP contribution in [0.1, 0.15) is 31.7 Å². The fraction of sp³-hybridized carbons (Fsp3) is 0.385. The van der Waals surface area contributed by atoms with Crippen LogP contribution >= 0.6 is 11.6 Å². The molecule has 0 aliphatic rings. The molecule has 1 rings (SSSR count). The van der Waals surface area contributed by atoms with Crippen molar-refractivity contribution in [2.75, 3.05) is 6.61 Å². The first kappa shape index (κ1) is 15.3. The molecule has 0 fully saturated rings. The monoisotopic (exact) mass is 282 g/mol. The molecule has 1 aromatic carbocycles. The van der Waals surface area contributed by atoms with Crippen molar-refractivity contribution in [2.45, 2.75) is 26.2 Å². The number of hydrogen-bond donors (Lipinski definition) is 2. The molecule has 104 valence electrons. The number of nitrogens with zero attached hydrogens (tertiary/aromatic N) is 2. The summed E-state index contributed by atoms with van der Waals surface area (Å²) in [5, 5.41) is 7.77. The number of benzene rings is 1. The number of guanidine groups is 1. The Labute approximate surface area is 118 Å². The Morgan fingerprint density at radius 1 is 1.37 bits per heavy atom. The van der Waals surface area contributed by atoms with Gasteiger partial charge in [0.1, 0.15) is 5.75 Å². The van der Waals surface area contributed by atoms with Gasteiger partial charge in [0.05, 0.1) is 17.8 Å². The van der Waals surface area contributed by atoms with Gasteiger partial charge in [0.2, 0.25) is 5.96 Å². The van der Waals surface area contributed by atoms with E-state index in [4.69, 9.17) is 27.8 Å². The summed E-state index contributed by atoms with van der Waals surface area (Å²) >= 11 is 6.11. The third kappa shape index (κ3) is 6.10. The van der Waals surface area contributed by atoms with Gasteiger partial charge in [-0.05, 0) is 30.2 Å². The van der Waals surface area contributed by atoms with E-state index in [2.05, 4.69) is 17.1 Å². The van der Waals surface area contributed by atoms with E-state index in [0.29, 0.717) is 17.4 Å². The molecule has 0 saturated carbocycles. The summed E-state index contributed by atoms with van der Waals surface area (Å²) in [6, 6.07) is 5.40. The van der Waals surface area contributed by atoms with Crippen LogP contribution in [-0.4, -0.2) is 18.8 Å². The number of hydrogen-bond acceptors (Lipinski definition) is 3. The number of ether oxygens (including phenoxy) is 1. The second-order valence-corrected chi connectivity index (χ2v) is 4.42. The predicted molar refractivity (Wildman–Crippen MR) is 79.9 cm³/mol. The van der Waals surface area contributed by atoms with E-state index in [0.717, 1.165) is 24.8 Å². The molecule has 0 aromatic heterocycles. The first-order chi connectivity index (χ1) is 9.13. The van der Waals surface area contributed by atoms with Gasteiger partial charge < -0.3 is 16.2 Å². The lowest BCUT2D eigenvalue weighted by Crippen LogP contribution is -2.21. The summed E-state index contributed by atoms with van der Waals surface area (Å²) < 4.78 is 5.59. The maximum atomic E-state index is 6.11. The van der Waals surface area contributed by atoms with Crippen molar-refractivity contribution in [1.29, 1.82) is 0 Å². The molecule has 0 aliphatic heterocycles. The Morgan fingerprint density at radius 3 is 2.79 bits per heavy atom. The highest BCUT2D eigenvalue weighted by molar-refractivity contribution is 6.32. The van der Waals surface area contributed by atoms with Crippen LogP contribution < -0.4 is 16.2 Å². The van der Waals surface area contributed by atoms with Crippen LogP contribution in [0.15, 0.2) is 28.4 Å². The highest BCUT2D eigenvalue weighted by atomic mass is 35.5. The van der Waals surface area contributed by atoms with E-state index in [1.54, 1.807) is 6.07 Å². The van der Waals surface area contributed by atoms with E-state index < -0.39 is 0 Å². The number of unbranched alkanes of at least 4 members (excludes halogenated alkanes) is 2. The lowest BCUT2D eigenvalue weighted by atomic mass is 10.2. The van der Waals surface area contributed by atoms with Crippen molar-refractivity contribution < 1.29 is 4.74 Å². The molecule has 0 unspecified atom stereocenters. The van der Waals surface area contributed by atoms with Gasteiger partial charge in [0.15, 0.2) is 0 Å². The van der Waals surface area contributed by atoms with Gasteiger partial charge in [0, 0.05) is 0 Å². The molecule has 0 aliphatic carbocycles. The SMILES string of the molecule is CCCCCOc1ccc(C=NN=C(N)N)cc1Cl. The van der Waals surface area contributed by atoms with E-state index >= 15 is 0 Å². The molecule has 19 heavy (non-hydrogen) atoms. The lowest BCUT2D eigenvalue weighted by molar-refractivity contribution is 0.306. The average molecular weight is 283 g/mol. The summed E-state index contributed by atoms with van der Waals surface area (Å²) in [5.41, 5.74) is 11.1. The smallest absolute Gasteiger partial charge is 0.211 e. The minimum atomic E-state index is -0.0850. The second-order valence-electron chi connectivity index (χ2n) is 4.01. The quantitative estimate of drug-likeness (QED) is 0.349. The predicted octanol–water partition coefficient (Wildman–Crippen LogP) is 2.52. The fourth-order valence-corrected chi connectivity index (χ4v) is 1.65. The Balaban J connectivity index is 2.59. The van der Waals surface area contributed by atoms with Crippen LogP contribution in [0.25, 0.3) is 0 Å². The third-order valence-electron chi connectivity index (χ3n) is 2.34. The number of halogens is 1. The fourth-order valence-electron chi connectivity index (χ4n) is 1.41. The van der Waals surface area contributed by atoms with Crippen molar-refractivity contribution in [2.24, 2.45) is 21.7 Å². The largest absolute Gasteiger partial charge is 0.492 e. The van der Waals surface area contributed by atoms with Crippen LogP contribution in [0.5, 0.6) is 5.75 Å². The van der Waals surface area contributed by atoms with Crippen molar-refractivity contribution in [3.8, 4) is 5.75 Å². The molecule has 0 bridgehead atoms. The van der Waals surface area contributed by atoms with Crippen LogP contribution in [0.4, 0.5) is 0 Å². The summed E-state index contributed by atoms with van der Waals surface area (Å²) in [7, 11) is 0. The zero-order valence-corrected chi connectivity index (χ0v) is 11.7. The maximum absolute atomic E-state index is 6.11. The van der Waals surface area contributed by atoms with Crippen molar-refractivity contribution in [1.82, 2.24) is 0 Å². The molecule has 0 heterocycles. The van der Waals surface area contributed by atoms with Crippen molar-refractivity contribution in [3.63, 3.8) is 0 Å². The average Bonchev–Trinajstić information content (AvgIpc) is 2.36. The van der Waals surface area contributed by atoms with Gasteiger partial charge in [0.25, 0.3) is 0 Å². The van der Waals surface area contributed by atoms with Crippen LogP contribution in [0, 0.1) is 0 Å². The lowest BCUT2D eigenvalue weighted by Gasteiger charge is -2.07. The molecule has 5 nitrogen and oxygen atoms in total. The molecule has 1 aromatic rings. The zero-order chi connectivity index (χ0) is 14.1. The summed E-state index contributed by atoms with van der Waals surface area (Å²) in [4.78, 5) is 0. The first-order valence-corrected chi connectivity index (χ1v) is 6.55. The Hall–Kier alpha value is -1.75. The number of nitrogens with two attached hydrogens (primary N) is 2. The van der Waals surface area contributed by atoms with Crippen LogP contribution in [0.3, 0.4) is 0 Å². The van der Waals surface area contributed by atoms with Gasteiger partial charge in [-0.3, -0.25) is 0 Å². The zero-order valence-electron chi connectivity index (χ0n) is 11.0. The van der Waals surface area contributed by atoms with Crippen LogP contribution in [0.2, 0.25) is 5.02 Å². The minimum absolute atomic E-state index is 0.0850. The molecule has 4 N–H and O–H groups in total. The highest BCUT2D eigenvalue weighted by Crippen LogP contribution is 2.25. The molecular formula is C13H19ClN4O. The van der Waals surface area contributed by atoms with Gasteiger partial charge >= 0.3 is 0 Å². The Bertz CT molecular complexity index is 456. The maximum Gasteiger partial charge on any atom is 0.211 e. The summed E-state index contributed by atoms with van der Waals surface area (Å²) in [5.74, 6) is 0.593. The minimum Gasteiger partial charge on any atom is -0.492 e. The second kappa shape index (κ2) is 8.37. The summed E-state index contributed by atoms with van der Waals surface area (Å²) in [6.45, 7) is 2.83. The molecule has 0 spiro atoms. The molecular weight excluding hydrogens is 264 g/mol. The van der Waals surface area contributed by atoms with Gasteiger partial charge in [-0.25, -0.2) is 0 Å². The van der Waals surface area contributed by atoms with Gasteiger partial charge in [-0.15, -0.1) is 5.10 Å². The van der Waals surface area contributed by atoms with Crippen molar-refractivity contribution >= 4 is 23.8 Å². The molecule has 0 amide bonds. The number of rotatable bonds is 7. The van der Waals surface area contributed by atoms with E-state index in [1.165, 1.54) is 6.21 Å². The van der Waals surface area contributed by atoms with Crippen molar-refractivity contribution in [3.05, 3.63) is 28.8 Å². The van der Waals surface area contributed by atoms with E-state index in [-0.39, 0.29) is 5.96 Å². The third-order valence-corrected chi connectivity index (χ3v) is 2.64. The standard InChI is InChI=1S/C13H19ClN4O/c1-2-3-4-7-19-12-6-5-10(8-11(12)14)9-17-18-13(15)16/h5-6,8-9H,2-4,7H2,1H3,(H4,15,16,18). The Morgan fingerprint density at radius 2 is 2.16 bits per heavy atom. The van der Waals surface area contributed by atoms with E-state index in [9.17, 15) is 0 Å². The van der Waals surface area contributed by atoms with Gasteiger partial charge in [-0.2, -0.15) is 5.10 Å². The first-order valence-electron chi connectivity index (χ1n) is 6.17.